The van der Waals surface area contributed by atoms with Crippen LogP contribution in [0.15, 0.2) is 72.9 Å². The molecule has 2 aromatic carbocycles. The first-order valence-corrected chi connectivity index (χ1v) is 17.5. The van der Waals surface area contributed by atoms with Crippen LogP contribution in [0.5, 0.6) is 0 Å². The van der Waals surface area contributed by atoms with Crippen molar-refractivity contribution in [2.24, 2.45) is 0 Å². The molecule has 4 fully saturated rings. The highest BCUT2D eigenvalue weighted by molar-refractivity contribution is 5.85. The molecule has 9 rings (SSSR count). The summed E-state index contributed by atoms with van der Waals surface area (Å²) in [6.45, 7) is 8.32. The standard InChI is InChI=1S/C39H41FN8O3/c1-23(49)46-21-26-20-27(22-46)47(26)32-10-5-8-28(33(32)40)30-15-16-31-36(43-30)48(35(44-31)29-9-6-19-42-34(29)41)25-13-11-24(12-14-25)39(17-7-18-39)45-37(50)51-38(2,3)4/h5-6,8-16,19,26-27H,7,17-18,20-22H2,1-4H3,(H2,41,42)(H,45,50). The summed E-state index contributed by atoms with van der Waals surface area (Å²) in [6, 6.07) is 20.9. The number of halogens is 1. The van der Waals surface area contributed by atoms with Crippen molar-refractivity contribution in [3.05, 3.63) is 84.3 Å². The summed E-state index contributed by atoms with van der Waals surface area (Å²) in [5, 5.41) is 3.13. The van der Waals surface area contributed by atoms with Gasteiger partial charge >= 0.3 is 6.09 Å². The number of fused-ring (bicyclic) bond motifs is 3. The van der Waals surface area contributed by atoms with Crippen LogP contribution in [0.3, 0.4) is 0 Å². The van der Waals surface area contributed by atoms with Gasteiger partial charge in [-0.25, -0.2) is 24.1 Å². The minimum absolute atomic E-state index is 0.0507. The van der Waals surface area contributed by atoms with E-state index in [1.165, 1.54) is 0 Å². The van der Waals surface area contributed by atoms with Gasteiger partial charge in [0.15, 0.2) is 17.3 Å². The molecule has 3 saturated heterocycles. The molecule has 11 nitrogen and oxygen atoms in total. The Morgan fingerprint density at radius 2 is 1.69 bits per heavy atom. The molecule has 12 heteroatoms. The van der Waals surface area contributed by atoms with Gasteiger partial charge in [-0.2, -0.15) is 0 Å². The van der Waals surface area contributed by atoms with Crippen LogP contribution in [-0.2, 0) is 15.1 Å². The highest BCUT2D eigenvalue weighted by atomic mass is 19.1. The number of piperidine rings is 1. The third-order valence-corrected chi connectivity index (χ3v) is 10.4. The van der Waals surface area contributed by atoms with Gasteiger partial charge in [0.05, 0.1) is 22.5 Å². The maximum Gasteiger partial charge on any atom is 0.408 e. The number of nitrogens with one attached hydrogen (secondary N) is 1. The predicted octanol–water partition coefficient (Wildman–Crippen LogP) is 6.58. The van der Waals surface area contributed by atoms with Gasteiger partial charge in [0.1, 0.15) is 16.9 Å². The van der Waals surface area contributed by atoms with Crippen molar-refractivity contribution >= 4 is 34.7 Å². The number of benzene rings is 2. The van der Waals surface area contributed by atoms with E-state index >= 15 is 4.39 Å². The first-order valence-electron chi connectivity index (χ1n) is 17.5. The van der Waals surface area contributed by atoms with Crippen molar-refractivity contribution in [1.29, 1.82) is 0 Å². The largest absolute Gasteiger partial charge is 0.444 e. The molecule has 6 heterocycles. The average molecular weight is 689 g/mol. The molecular weight excluding hydrogens is 647 g/mol. The Bertz CT molecular complexity index is 2160. The summed E-state index contributed by atoms with van der Waals surface area (Å²) < 4.78 is 24.0. The molecule has 0 radical (unpaired) electrons. The number of carbonyl (C=O) groups is 2. The highest BCUT2D eigenvalue weighted by Gasteiger charge is 2.46. The summed E-state index contributed by atoms with van der Waals surface area (Å²) in [6.07, 6.45) is 4.74. The normalized spacial score (nSPS) is 19.3. The molecule has 3 N–H and O–H groups in total. The Labute approximate surface area is 295 Å². The number of pyridine rings is 2. The number of nitrogens with two attached hydrogens (primary N) is 1. The van der Waals surface area contributed by atoms with Crippen molar-refractivity contribution in [3.63, 3.8) is 0 Å². The number of rotatable bonds is 6. The Morgan fingerprint density at radius 1 is 0.961 bits per heavy atom. The van der Waals surface area contributed by atoms with Crippen LogP contribution in [0.1, 0.15) is 58.9 Å². The summed E-state index contributed by atoms with van der Waals surface area (Å²) in [5.41, 5.74) is 10.2. The third kappa shape index (κ3) is 5.72. The second kappa shape index (κ2) is 12.1. The molecule has 51 heavy (non-hydrogen) atoms. The number of hydrogen-bond acceptors (Lipinski definition) is 8. The summed E-state index contributed by atoms with van der Waals surface area (Å²) in [4.78, 5) is 43.1. The zero-order chi connectivity index (χ0) is 35.7. The Balaban J connectivity index is 1.18. The third-order valence-electron chi connectivity index (χ3n) is 10.4. The summed E-state index contributed by atoms with van der Waals surface area (Å²) >= 11 is 0. The second-order valence-corrected chi connectivity index (χ2v) is 14.9. The van der Waals surface area contributed by atoms with Crippen LogP contribution in [0.25, 0.3) is 39.5 Å². The molecule has 0 spiro atoms. The predicted molar refractivity (Wildman–Crippen MR) is 194 cm³/mol. The van der Waals surface area contributed by atoms with Crippen LogP contribution in [0, 0.1) is 5.82 Å². The molecule has 3 aromatic heterocycles. The van der Waals surface area contributed by atoms with Crippen LogP contribution >= 0.6 is 0 Å². The second-order valence-electron chi connectivity index (χ2n) is 14.9. The Hall–Kier alpha value is -5.52. The number of amides is 2. The number of imidazole rings is 1. The monoisotopic (exact) mass is 688 g/mol. The van der Waals surface area contributed by atoms with Crippen LogP contribution < -0.4 is 16.0 Å². The fraction of sp³-hybridized carbons (Fsp3) is 0.359. The van der Waals surface area contributed by atoms with E-state index in [0.717, 1.165) is 36.9 Å². The van der Waals surface area contributed by atoms with Crippen LogP contribution in [-0.4, -0.2) is 67.2 Å². The van der Waals surface area contributed by atoms with Gasteiger partial charge in [0.2, 0.25) is 5.91 Å². The van der Waals surface area contributed by atoms with E-state index in [1.54, 1.807) is 25.3 Å². The summed E-state index contributed by atoms with van der Waals surface area (Å²) in [7, 11) is 0. The van der Waals surface area contributed by atoms with Crippen LogP contribution in [0.2, 0.25) is 0 Å². The van der Waals surface area contributed by atoms with E-state index in [4.69, 9.17) is 20.4 Å². The molecule has 2 unspecified atom stereocenters. The van der Waals surface area contributed by atoms with Gasteiger partial charge in [-0.05, 0) is 101 Å². The van der Waals surface area contributed by atoms with E-state index in [-0.39, 0.29) is 23.8 Å². The number of hydrogen-bond donors (Lipinski definition) is 2. The molecule has 1 aliphatic carbocycles. The lowest BCUT2D eigenvalue weighted by molar-refractivity contribution is -0.131. The van der Waals surface area contributed by atoms with Crippen molar-refractivity contribution < 1.29 is 18.7 Å². The topological polar surface area (TPSA) is 132 Å². The first kappa shape index (κ1) is 32.7. The number of ether oxygens (including phenoxy) is 1. The Kier molecular flexibility index (Phi) is 7.73. The van der Waals surface area contributed by atoms with E-state index in [9.17, 15) is 9.59 Å². The highest BCUT2D eigenvalue weighted by Crippen LogP contribution is 2.43. The maximum atomic E-state index is 16.5. The number of alkyl carbamates (subject to hydrolysis) is 1. The Morgan fingerprint density at radius 3 is 2.33 bits per heavy atom. The van der Waals surface area contributed by atoms with Gasteiger partial charge in [0.25, 0.3) is 0 Å². The fourth-order valence-corrected chi connectivity index (χ4v) is 7.76. The fourth-order valence-electron chi connectivity index (χ4n) is 7.76. The molecule has 5 aromatic rings. The molecule has 2 amide bonds. The minimum Gasteiger partial charge on any atom is -0.444 e. The zero-order valence-corrected chi connectivity index (χ0v) is 29.2. The lowest BCUT2D eigenvalue weighted by atomic mass is 9.72. The van der Waals surface area contributed by atoms with Crippen molar-refractivity contribution in [2.45, 2.75) is 76.6 Å². The molecular formula is C39H41FN8O3. The number of nitrogen functional groups attached to an aromatic ring is 1. The molecule has 2 bridgehead atoms. The van der Waals surface area contributed by atoms with Gasteiger partial charge in [-0.1, -0.05) is 18.2 Å². The zero-order valence-electron chi connectivity index (χ0n) is 29.2. The summed E-state index contributed by atoms with van der Waals surface area (Å²) in [5.74, 6) is 0.583. The molecule has 3 aliphatic heterocycles. The van der Waals surface area contributed by atoms with Gasteiger partial charge in [0, 0.05) is 49.5 Å². The lowest BCUT2D eigenvalue weighted by Crippen LogP contribution is -2.69. The minimum atomic E-state index is -0.603. The van der Waals surface area contributed by atoms with Gasteiger partial charge < -0.3 is 25.6 Å². The lowest BCUT2D eigenvalue weighted by Gasteiger charge is -2.57. The number of piperazine rings is 1. The number of nitrogens with zero attached hydrogens (tertiary/aromatic N) is 6. The quantitative estimate of drug-likeness (QED) is 0.205. The molecule has 4 aliphatic rings. The van der Waals surface area contributed by atoms with Gasteiger partial charge in [-0.3, -0.25) is 9.36 Å². The van der Waals surface area contributed by atoms with E-state index in [2.05, 4.69) is 15.2 Å². The molecule has 2 atom stereocenters. The van der Waals surface area contributed by atoms with Crippen LogP contribution in [0.4, 0.5) is 20.7 Å². The van der Waals surface area contributed by atoms with Gasteiger partial charge in [-0.15, -0.1) is 0 Å². The number of anilines is 2. The van der Waals surface area contributed by atoms with E-state index in [0.29, 0.717) is 58.4 Å². The smallest absolute Gasteiger partial charge is 0.408 e. The maximum absolute atomic E-state index is 16.5. The molecule has 262 valence electrons. The van der Waals surface area contributed by atoms with E-state index in [1.807, 2.05) is 84.8 Å². The van der Waals surface area contributed by atoms with Crippen molar-refractivity contribution in [3.8, 4) is 28.3 Å². The average Bonchev–Trinajstić information content (AvgIpc) is 3.45. The molecule has 1 saturated carbocycles. The van der Waals surface area contributed by atoms with Crippen molar-refractivity contribution in [1.82, 2.24) is 29.7 Å². The van der Waals surface area contributed by atoms with E-state index < -0.39 is 17.2 Å². The van der Waals surface area contributed by atoms with Crippen molar-refractivity contribution in [2.75, 3.05) is 23.7 Å². The number of carbonyl (C=O) groups excluding carboxylic acids is 2. The number of aromatic nitrogens is 4. The SMILES string of the molecule is CC(=O)N1CC2CC(C1)N2c1cccc(-c2ccc3nc(-c4cccnc4N)n(-c4ccc(C5(NC(=O)OC(C)(C)C)CCC5)cc4)c3n2)c1F. The first-order chi connectivity index (χ1) is 24.4.